The van der Waals surface area contributed by atoms with Crippen LogP contribution in [0.5, 0.6) is 0 Å². The van der Waals surface area contributed by atoms with E-state index < -0.39 is 10.0 Å². The highest BCUT2D eigenvalue weighted by atomic mass is 79.9. The summed E-state index contributed by atoms with van der Waals surface area (Å²) >= 11 is 3.33. The Kier molecular flexibility index (Phi) is 3.67. The average Bonchev–Trinajstić information content (AvgIpc) is 2.77. The van der Waals surface area contributed by atoms with E-state index in [1.807, 2.05) is 12.1 Å². The second-order valence-corrected chi connectivity index (χ2v) is 7.78. The number of anilines is 2. The van der Waals surface area contributed by atoms with Gasteiger partial charge in [-0.05, 0) is 55.3 Å². The normalized spacial score (nSPS) is 17.1. The zero-order valence-electron chi connectivity index (χ0n) is 11.4. The zero-order valence-corrected chi connectivity index (χ0v) is 13.8. The second kappa shape index (κ2) is 5.35. The molecule has 1 aliphatic rings. The number of nitrogens with one attached hydrogen (secondary N) is 2. The van der Waals surface area contributed by atoms with Crippen LogP contribution in [0.3, 0.4) is 0 Å². The molecule has 0 aliphatic carbocycles. The monoisotopic (exact) mass is 366 g/mol. The Morgan fingerprint density at radius 1 is 1.24 bits per heavy atom. The van der Waals surface area contributed by atoms with Crippen LogP contribution >= 0.6 is 15.9 Å². The Morgan fingerprint density at radius 3 is 2.81 bits per heavy atom. The van der Waals surface area contributed by atoms with E-state index in [4.69, 9.17) is 0 Å². The summed E-state index contributed by atoms with van der Waals surface area (Å²) in [6.07, 6.45) is 0.843. The van der Waals surface area contributed by atoms with Crippen molar-refractivity contribution in [3.63, 3.8) is 0 Å². The molecule has 1 atom stereocenters. The molecule has 0 bridgehead atoms. The summed E-state index contributed by atoms with van der Waals surface area (Å²) in [5, 5.41) is 3.31. The van der Waals surface area contributed by atoms with Crippen LogP contribution in [-0.2, 0) is 16.4 Å². The minimum atomic E-state index is -3.57. The number of hydrogen-bond acceptors (Lipinski definition) is 3. The summed E-state index contributed by atoms with van der Waals surface area (Å²) in [6, 6.07) is 12.6. The van der Waals surface area contributed by atoms with Crippen molar-refractivity contribution in [1.29, 1.82) is 0 Å². The first-order valence-electron chi connectivity index (χ1n) is 6.62. The van der Waals surface area contributed by atoms with Crippen molar-refractivity contribution in [3.05, 3.63) is 52.5 Å². The fourth-order valence-corrected chi connectivity index (χ4v) is 3.96. The maximum Gasteiger partial charge on any atom is 0.261 e. The Hall–Kier alpha value is -1.53. The maximum absolute atomic E-state index is 12.4. The number of fused-ring (bicyclic) bond motifs is 1. The molecule has 0 radical (unpaired) electrons. The number of sulfonamides is 1. The zero-order chi connectivity index (χ0) is 15.0. The van der Waals surface area contributed by atoms with Gasteiger partial charge in [0.1, 0.15) is 0 Å². The molecule has 0 saturated carbocycles. The van der Waals surface area contributed by atoms with Crippen molar-refractivity contribution >= 4 is 37.3 Å². The SMILES string of the molecule is CC1Cc2cc(S(=O)(=O)Nc3cccc(Br)c3)ccc2N1. The lowest BCUT2D eigenvalue weighted by atomic mass is 10.1. The van der Waals surface area contributed by atoms with E-state index in [1.54, 1.807) is 30.3 Å². The highest BCUT2D eigenvalue weighted by molar-refractivity contribution is 9.10. The van der Waals surface area contributed by atoms with E-state index in [0.717, 1.165) is 22.1 Å². The van der Waals surface area contributed by atoms with Crippen LogP contribution in [0.25, 0.3) is 0 Å². The fraction of sp³-hybridized carbons (Fsp3) is 0.200. The lowest BCUT2D eigenvalue weighted by molar-refractivity contribution is 0.601. The van der Waals surface area contributed by atoms with Crippen LogP contribution in [0.15, 0.2) is 51.8 Å². The van der Waals surface area contributed by atoms with Crippen molar-refractivity contribution < 1.29 is 8.42 Å². The highest BCUT2D eigenvalue weighted by Gasteiger charge is 2.21. The molecule has 1 heterocycles. The molecule has 0 saturated heterocycles. The first-order chi connectivity index (χ1) is 9.94. The molecule has 110 valence electrons. The van der Waals surface area contributed by atoms with Crippen LogP contribution < -0.4 is 10.0 Å². The molecule has 0 fully saturated rings. The maximum atomic E-state index is 12.4. The van der Waals surface area contributed by atoms with E-state index in [2.05, 4.69) is 32.9 Å². The molecule has 2 aromatic carbocycles. The quantitative estimate of drug-likeness (QED) is 0.872. The van der Waals surface area contributed by atoms with Gasteiger partial charge in [0.25, 0.3) is 10.0 Å². The van der Waals surface area contributed by atoms with Crippen molar-refractivity contribution in [1.82, 2.24) is 0 Å². The van der Waals surface area contributed by atoms with Gasteiger partial charge in [-0.1, -0.05) is 22.0 Å². The minimum absolute atomic E-state index is 0.289. The van der Waals surface area contributed by atoms with Gasteiger partial charge in [-0.3, -0.25) is 4.72 Å². The number of hydrogen-bond donors (Lipinski definition) is 2. The fourth-order valence-electron chi connectivity index (χ4n) is 2.46. The van der Waals surface area contributed by atoms with E-state index in [-0.39, 0.29) is 4.90 Å². The standard InChI is InChI=1S/C15H15BrN2O2S/c1-10-7-11-8-14(5-6-15(11)17-10)21(19,20)18-13-4-2-3-12(16)9-13/h2-6,8-10,17-18H,7H2,1H3. The van der Waals surface area contributed by atoms with Crippen LogP contribution in [-0.4, -0.2) is 14.5 Å². The Bertz CT molecular complexity index is 790. The Balaban J connectivity index is 1.91. The first-order valence-corrected chi connectivity index (χ1v) is 8.89. The summed E-state index contributed by atoms with van der Waals surface area (Å²) in [6.45, 7) is 2.08. The van der Waals surface area contributed by atoms with Gasteiger partial charge >= 0.3 is 0 Å². The van der Waals surface area contributed by atoms with E-state index in [9.17, 15) is 8.42 Å². The van der Waals surface area contributed by atoms with Crippen molar-refractivity contribution in [2.45, 2.75) is 24.3 Å². The topological polar surface area (TPSA) is 58.2 Å². The molecular formula is C15H15BrN2O2S. The molecule has 21 heavy (non-hydrogen) atoms. The molecule has 2 aromatic rings. The average molecular weight is 367 g/mol. The molecule has 3 rings (SSSR count). The molecule has 0 amide bonds. The predicted molar refractivity (Wildman–Crippen MR) is 88.2 cm³/mol. The van der Waals surface area contributed by atoms with Gasteiger partial charge in [-0.15, -0.1) is 0 Å². The van der Waals surface area contributed by atoms with Crippen molar-refractivity contribution in [2.75, 3.05) is 10.0 Å². The van der Waals surface area contributed by atoms with Gasteiger partial charge < -0.3 is 5.32 Å². The van der Waals surface area contributed by atoms with Crippen molar-refractivity contribution in [2.24, 2.45) is 0 Å². The van der Waals surface area contributed by atoms with E-state index >= 15 is 0 Å². The lowest BCUT2D eigenvalue weighted by Crippen LogP contribution is -2.13. The third kappa shape index (κ3) is 3.06. The third-order valence-electron chi connectivity index (χ3n) is 3.39. The lowest BCUT2D eigenvalue weighted by Gasteiger charge is -2.09. The van der Waals surface area contributed by atoms with Gasteiger partial charge in [-0.2, -0.15) is 0 Å². The summed E-state index contributed by atoms with van der Waals surface area (Å²) < 4.78 is 28.3. The van der Waals surface area contributed by atoms with Crippen LogP contribution in [0.1, 0.15) is 12.5 Å². The summed E-state index contributed by atoms with van der Waals surface area (Å²) in [5.74, 6) is 0. The number of rotatable bonds is 3. The molecular weight excluding hydrogens is 352 g/mol. The van der Waals surface area contributed by atoms with E-state index in [1.165, 1.54) is 0 Å². The van der Waals surface area contributed by atoms with Gasteiger partial charge in [-0.25, -0.2) is 8.42 Å². The molecule has 4 nitrogen and oxygen atoms in total. The van der Waals surface area contributed by atoms with E-state index in [0.29, 0.717) is 11.7 Å². The largest absolute Gasteiger partial charge is 0.382 e. The van der Waals surface area contributed by atoms with Crippen LogP contribution in [0.4, 0.5) is 11.4 Å². The minimum Gasteiger partial charge on any atom is -0.382 e. The molecule has 1 unspecified atom stereocenters. The predicted octanol–water partition coefficient (Wildman–Crippen LogP) is 3.61. The summed E-state index contributed by atoms with van der Waals surface area (Å²) in [7, 11) is -3.57. The third-order valence-corrected chi connectivity index (χ3v) is 5.26. The van der Waals surface area contributed by atoms with Crippen LogP contribution in [0.2, 0.25) is 0 Å². The first kappa shape index (κ1) is 14.4. The Morgan fingerprint density at radius 2 is 2.05 bits per heavy atom. The van der Waals surface area contributed by atoms with Crippen molar-refractivity contribution in [3.8, 4) is 0 Å². The van der Waals surface area contributed by atoms with Gasteiger partial charge in [0.15, 0.2) is 0 Å². The Labute approximate surface area is 132 Å². The molecule has 1 aliphatic heterocycles. The van der Waals surface area contributed by atoms with Gasteiger partial charge in [0, 0.05) is 21.9 Å². The molecule has 2 N–H and O–H groups in total. The number of benzene rings is 2. The highest BCUT2D eigenvalue weighted by Crippen LogP contribution is 2.29. The van der Waals surface area contributed by atoms with Gasteiger partial charge in [0.05, 0.1) is 4.90 Å². The molecule has 6 heteroatoms. The number of halogens is 1. The summed E-state index contributed by atoms with van der Waals surface area (Å²) in [4.78, 5) is 0.289. The van der Waals surface area contributed by atoms with Crippen LogP contribution in [0, 0.1) is 0 Å². The smallest absolute Gasteiger partial charge is 0.261 e. The summed E-state index contributed by atoms with van der Waals surface area (Å²) in [5.41, 5.74) is 2.60. The second-order valence-electron chi connectivity index (χ2n) is 5.18. The molecule has 0 aromatic heterocycles. The van der Waals surface area contributed by atoms with Gasteiger partial charge in [0.2, 0.25) is 0 Å². The molecule has 0 spiro atoms.